The summed E-state index contributed by atoms with van der Waals surface area (Å²) in [5.74, 6) is -3.73. The van der Waals surface area contributed by atoms with Gasteiger partial charge in [-0.1, -0.05) is 13.8 Å². The summed E-state index contributed by atoms with van der Waals surface area (Å²) in [4.78, 5) is 12.6. The Labute approximate surface area is 167 Å². The number of pyridine rings is 2. The molecule has 0 aromatic carbocycles. The van der Waals surface area contributed by atoms with Crippen LogP contribution in [0.25, 0.3) is 22.5 Å². The average Bonchev–Trinajstić information content (AvgIpc) is 3.18. The van der Waals surface area contributed by atoms with Gasteiger partial charge in [-0.2, -0.15) is 5.26 Å². The maximum absolute atomic E-state index is 13.8. The van der Waals surface area contributed by atoms with Crippen molar-refractivity contribution in [3.8, 4) is 17.3 Å². The van der Waals surface area contributed by atoms with Gasteiger partial charge < -0.3 is 10.1 Å². The van der Waals surface area contributed by atoms with Crippen LogP contribution in [0.5, 0.6) is 0 Å². The Morgan fingerprint density at radius 2 is 2.14 bits per heavy atom. The number of allylic oxidation sites excluding steroid dienone is 1. The molecule has 0 amide bonds. The maximum atomic E-state index is 13.8. The first kappa shape index (κ1) is 20.1. The van der Waals surface area contributed by atoms with Crippen molar-refractivity contribution in [2.75, 3.05) is 6.54 Å². The topological polar surface area (TPSA) is 92.4 Å². The molecule has 3 heterocycles. The van der Waals surface area contributed by atoms with Crippen LogP contribution < -0.4 is 5.73 Å². The third-order valence-electron chi connectivity index (χ3n) is 4.55. The lowest BCUT2D eigenvalue weighted by molar-refractivity contribution is -0.0343. The second-order valence-electron chi connectivity index (χ2n) is 6.82. The van der Waals surface area contributed by atoms with Gasteiger partial charge in [-0.3, -0.25) is 4.99 Å². The van der Waals surface area contributed by atoms with Gasteiger partial charge in [0.15, 0.2) is 0 Å². The zero-order valence-electron chi connectivity index (χ0n) is 16.0. The predicted octanol–water partition coefficient (Wildman–Crippen LogP) is 3.93. The molecule has 0 unspecified atom stereocenters. The molecule has 3 rings (SSSR count). The van der Waals surface area contributed by atoms with E-state index in [0.29, 0.717) is 22.5 Å². The molecular weight excluding hydrogens is 374 g/mol. The van der Waals surface area contributed by atoms with E-state index in [-0.39, 0.29) is 5.69 Å². The molecule has 2 N–H and O–H groups in total. The predicted molar refractivity (Wildman–Crippen MR) is 108 cm³/mol. The average molecular weight is 394 g/mol. The van der Waals surface area contributed by atoms with Gasteiger partial charge in [-0.15, -0.1) is 0 Å². The molecular formula is C21H20F2N6. The molecule has 0 bridgehead atoms. The van der Waals surface area contributed by atoms with Crippen molar-refractivity contribution in [2.24, 2.45) is 16.6 Å². The molecule has 0 spiro atoms. The molecule has 148 valence electrons. The van der Waals surface area contributed by atoms with Crippen LogP contribution in [-0.4, -0.2) is 33.1 Å². The molecule has 0 saturated carbocycles. The lowest BCUT2D eigenvalue weighted by Crippen LogP contribution is -2.27. The molecule has 0 aliphatic rings. The molecule has 8 heteroatoms. The Bertz CT molecular complexity index is 1120. The molecule has 29 heavy (non-hydrogen) atoms. The fourth-order valence-corrected chi connectivity index (χ4v) is 2.68. The molecule has 0 radical (unpaired) electrons. The largest absolute Gasteiger partial charge is 0.404 e. The number of alkyl halides is 2. The van der Waals surface area contributed by atoms with Crippen LogP contribution >= 0.6 is 0 Å². The number of fused-ring (bicyclic) bond motifs is 1. The zero-order chi connectivity index (χ0) is 21.0. The lowest BCUT2D eigenvalue weighted by atomic mass is 10.00. The quantitative estimate of drug-likeness (QED) is 0.641. The Morgan fingerprint density at radius 3 is 2.83 bits per heavy atom. The summed E-state index contributed by atoms with van der Waals surface area (Å²) in [5.41, 5.74) is 8.92. The molecule has 0 aliphatic carbocycles. The van der Waals surface area contributed by atoms with Crippen molar-refractivity contribution in [3.63, 3.8) is 0 Å². The van der Waals surface area contributed by atoms with Crippen molar-refractivity contribution in [2.45, 2.75) is 19.8 Å². The minimum absolute atomic E-state index is 0.228. The highest BCUT2D eigenvalue weighted by atomic mass is 19.3. The van der Waals surface area contributed by atoms with Gasteiger partial charge in [0, 0.05) is 53.6 Å². The van der Waals surface area contributed by atoms with E-state index in [4.69, 9.17) is 5.73 Å². The number of aromatic nitrogens is 3. The molecule has 3 aromatic rings. The van der Waals surface area contributed by atoms with Gasteiger partial charge in [-0.25, -0.2) is 18.7 Å². The van der Waals surface area contributed by atoms with E-state index < -0.39 is 18.4 Å². The number of nitrogens with two attached hydrogens (primary N) is 1. The van der Waals surface area contributed by atoms with Gasteiger partial charge in [0.25, 0.3) is 5.92 Å². The van der Waals surface area contributed by atoms with Gasteiger partial charge in [0.05, 0.1) is 5.69 Å². The number of rotatable bonds is 6. The van der Waals surface area contributed by atoms with Crippen molar-refractivity contribution < 1.29 is 8.78 Å². The summed E-state index contributed by atoms with van der Waals surface area (Å²) >= 11 is 0. The van der Waals surface area contributed by atoms with Crippen LogP contribution in [0.1, 0.15) is 25.1 Å². The number of halogens is 2. The van der Waals surface area contributed by atoms with Crippen LogP contribution in [0, 0.1) is 17.2 Å². The second kappa shape index (κ2) is 8.19. The summed E-state index contributed by atoms with van der Waals surface area (Å²) in [6, 6.07) is 8.90. The minimum atomic E-state index is -2.91. The summed E-state index contributed by atoms with van der Waals surface area (Å²) in [5, 5.41) is 9.24. The number of nitriles is 1. The monoisotopic (exact) mass is 394 g/mol. The van der Waals surface area contributed by atoms with E-state index in [1.54, 1.807) is 18.3 Å². The summed E-state index contributed by atoms with van der Waals surface area (Å²) in [6.45, 7) is 2.26. The summed E-state index contributed by atoms with van der Waals surface area (Å²) in [7, 11) is 0. The van der Waals surface area contributed by atoms with E-state index in [2.05, 4.69) is 15.0 Å². The van der Waals surface area contributed by atoms with Gasteiger partial charge in [0.1, 0.15) is 24.0 Å². The van der Waals surface area contributed by atoms with E-state index >= 15 is 0 Å². The third-order valence-corrected chi connectivity index (χ3v) is 4.55. The first-order valence-corrected chi connectivity index (χ1v) is 9.00. The van der Waals surface area contributed by atoms with Gasteiger partial charge in [-0.05, 0) is 24.3 Å². The van der Waals surface area contributed by atoms with Crippen molar-refractivity contribution in [1.82, 2.24) is 14.4 Å². The Morgan fingerprint density at radius 1 is 1.34 bits per heavy atom. The van der Waals surface area contributed by atoms with E-state index in [0.717, 1.165) is 5.56 Å². The normalized spacial score (nSPS) is 12.8. The van der Waals surface area contributed by atoms with Crippen molar-refractivity contribution >= 4 is 17.4 Å². The van der Waals surface area contributed by atoms with Crippen LogP contribution in [0.4, 0.5) is 8.78 Å². The van der Waals surface area contributed by atoms with Crippen LogP contribution in [0.3, 0.4) is 0 Å². The highest BCUT2D eigenvalue weighted by Crippen LogP contribution is 2.28. The minimum Gasteiger partial charge on any atom is -0.404 e. The standard InChI is InChI=1S/C21H20F2N6/c1-14(2)21(22,23)13-26-12-16(10-24)18-4-3-17(11-25)28-20(18)15-5-7-29-8-6-27-19(29)9-15/h3-10,12,14H,13,24H2,1-2H3. The van der Waals surface area contributed by atoms with Gasteiger partial charge in [0.2, 0.25) is 0 Å². The summed E-state index contributed by atoms with van der Waals surface area (Å²) < 4.78 is 29.5. The molecule has 3 aromatic heterocycles. The first-order chi connectivity index (χ1) is 13.9. The third kappa shape index (κ3) is 4.29. The first-order valence-electron chi connectivity index (χ1n) is 9.00. The molecule has 0 fully saturated rings. The number of imidazole rings is 1. The van der Waals surface area contributed by atoms with E-state index in [9.17, 15) is 14.0 Å². The van der Waals surface area contributed by atoms with Crippen LogP contribution in [0.15, 0.2) is 54.0 Å². The highest BCUT2D eigenvalue weighted by Gasteiger charge is 2.32. The smallest absolute Gasteiger partial charge is 0.269 e. The van der Waals surface area contributed by atoms with Crippen molar-refractivity contribution in [3.05, 3.63) is 60.3 Å². The fraction of sp³-hybridized carbons (Fsp3) is 0.238. The molecule has 0 atom stereocenters. The Balaban J connectivity index is 2.03. The summed E-state index contributed by atoms with van der Waals surface area (Å²) in [6.07, 6.45) is 7.91. The molecule has 0 aliphatic heterocycles. The maximum Gasteiger partial charge on any atom is 0.269 e. The zero-order valence-corrected chi connectivity index (χ0v) is 16.0. The van der Waals surface area contributed by atoms with E-state index in [1.165, 1.54) is 26.3 Å². The number of nitrogens with zero attached hydrogens (tertiary/aromatic N) is 5. The Kier molecular flexibility index (Phi) is 5.69. The fourth-order valence-electron chi connectivity index (χ4n) is 2.68. The van der Waals surface area contributed by atoms with E-state index in [1.807, 2.05) is 35.0 Å². The van der Waals surface area contributed by atoms with Crippen molar-refractivity contribution in [1.29, 1.82) is 5.26 Å². The van der Waals surface area contributed by atoms with Gasteiger partial charge >= 0.3 is 0 Å². The van der Waals surface area contributed by atoms with Crippen LogP contribution in [-0.2, 0) is 0 Å². The van der Waals surface area contributed by atoms with Crippen LogP contribution in [0.2, 0.25) is 0 Å². The number of hydrogen-bond donors (Lipinski definition) is 1. The lowest BCUT2D eigenvalue weighted by Gasteiger charge is -2.17. The molecule has 6 nitrogen and oxygen atoms in total. The Hall–Kier alpha value is -3.60. The number of aliphatic imine (C=N–C) groups is 1. The highest BCUT2D eigenvalue weighted by molar-refractivity contribution is 6.11. The number of hydrogen-bond acceptors (Lipinski definition) is 5. The SMILES string of the molecule is CC(C)C(F)(F)CN=CC(=CN)c1ccc(C#N)nc1-c1ccn2ccnc2c1. The molecule has 0 saturated heterocycles. The second-order valence-corrected chi connectivity index (χ2v) is 6.82.